The van der Waals surface area contributed by atoms with E-state index < -0.39 is 18.0 Å². The number of carboxylic acids is 1. The molecule has 0 aromatic heterocycles. The summed E-state index contributed by atoms with van der Waals surface area (Å²) in [5.74, 6) is -0.902. The molecule has 1 saturated heterocycles. The molecule has 150 valence electrons. The smallest absolute Gasteiger partial charge is 0.344 e. The Kier molecular flexibility index (Phi) is 5.93. The third-order valence-corrected chi connectivity index (χ3v) is 5.09. The van der Waals surface area contributed by atoms with E-state index in [-0.39, 0.29) is 15.9 Å². The van der Waals surface area contributed by atoms with Gasteiger partial charge in [0.25, 0.3) is 11.1 Å². The highest BCUT2D eigenvalue weighted by atomic mass is 32.2. The molecule has 8 heteroatoms. The van der Waals surface area contributed by atoms with E-state index in [9.17, 15) is 14.4 Å². The Labute approximate surface area is 171 Å². The van der Waals surface area contributed by atoms with Crippen molar-refractivity contribution >= 4 is 40.6 Å². The van der Waals surface area contributed by atoms with Gasteiger partial charge in [-0.05, 0) is 61.5 Å². The van der Waals surface area contributed by atoms with E-state index in [1.165, 1.54) is 14.0 Å². The van der Waals surface area contributed by atoms with Crippen LogP contribution in [0.2, 0.25) is 0 Å². The van der Waals surface area contributed by atoms with Gasteiger partial charge in [-0.3, -0.25) is 9.59 Å². The van der Waals surface area contributed by atoms with Crippen molar-refractivity contribution < 1.29 is 29.0 Å². The van der Waals surface area contributed by atoms with Crippen molar-refractivity contribution in [2.45, 2.75) is 20.0 Å². The standard InChI is InChI=1S/C21H19NO6S/c1-12-4-7-15(8-5-12)22-19(23)18(29-21(22)26)11-14-6-9-16(17(10-14)27-3)28-13(2)20(24)25/h4-11,13H,1-3H3,(H,24,25)/b18-11+. The van der Waals surface area contributed by atoms with Crippen LogP contribution in [0.5, 0.6) is 11.5 Å². The predicted octanol–water partition coefficient (Wildman–Crippen LogP) is 4.10. The molecule has 7 nitrogen and oxygen atoms in total. The van der Waals surface area contributed by atoms with Gasteiger partial charge in [-0.15, -0.1) is 0 Å². The van der Waals surface area contributed by atoms with Crippen molar-refractivity contribution in [1.82, 2.24) is 0 Å². The second-order valence-electron chi connectivity index (χ2n) is 6.36. The van der Waals surface area contributed by atoms with Gasteiger partial charge in [0, 0.05) is 0 Å². The van der Waals surface area contributed by atoms with E-state index in [2.05, 4.69) is 0 Å². The number of thioether (sulfide) groups is 1. The van der Waals surface area contributed by atoms with Crippen LogP contribution in [0, 0.1) is 6.92 Å². The number of anilines is 1. The van der Waals surface area contributed by atoms with Crippen LogP contribution in [0.3, 0.4) is 0 Å². The molecule has 0 saturated carbocycles. The molecule has 1 unspecified atom stereocenters. The fourth-order valence-corrected chi connectivity index (χ4v) is 3.49. The molecule has 2 aromatic rings. The molecule has 1 aliphatic rings. The van der Waals surface area contributed by atoms with Crippen molar-refractivity contribution in [2.24, 2.45) is 0 Å². The third-order valence-electron chi connectivity index (χ3n) is 4.22. The molecule has 0 spiro atoms. The van der Waals surface area contributed by atoms with Crippen molar-refractivity contribution in [2.75, 3.05) is 12.0 Å². The first kappa shape index (κ1) is 20.5. The maximum Gasteiger partial charge on any atom is 0.344 e. The van der Waals surface area contributed by atoms with Gasteiger partial charge in [-0.1, -0.05) is 23.8 Å². The SMILES string of the molecule is COc1cc(/C=C2/SC(=O)N(c3ccc(C)cc3)C2=O)ccc1OC(C)C(=O)O. The molecule has 2 amide bonds. The number of carboxylic acid groups (broad SMARTS) is 1. The average Bonchev–Trinajstić information content (AvgIpc) is 2.96. The number of imide groups is 1. The number of aliphatic carboxylic acids is 1. The van der Waals surface area contributed by atoms with Gasteiger partial charge >= 0.3 is 5.97 Å². The zero-order valence-corrected chi connectivity index (χ0v) is 16.9. The van der Waals surface area contributed by atoms with E-state index in [4.69, 9.17) is 14.6 Å². The summed E-state index contributed by atoms with van der Waals surface area (Å²) >= 11 is 0.857. The van der Waals surface area contributed by atoms with Crippen LogP contribution in [-0.4, -0.2) is 35.4 Å². The summed E-state index contributed by atoms with van der Waals surface area (Å²) in [5, 5.41) is 8.62. The molecule has 0 bridgehead atoms. The Hall–Kier alpha value is -3.26. The number of aryl methyl sites for hydroxylation is 1. The largest absolute Gasteiger partial charge is 0.493 e. The minimum absolute atomic E-state index is 0.271. The third kappa shape index (κ3) is 4.43. The van der Waals surface area contributed by atoms with E-state index in [1.54, 1.807) is 36.4 Å². The molecule has 1 heterocycles. The Morgan fingerprint density at radius 2 is 1.83 bits per heavy atom. The summed E-state index contributed by atoms with van der Waals surface area (Å²) in [6, 6.07) is 12.0. The Balaban J connectivity index is 1.86. The zero-order chi connectivity index (χ0) is 21.1. The molecule has 1 fully saturated rings. The summed E-state index contributed by atoms with van der Waals surface area (Å²) in [6.45, 7) is 3.34. The highest BCUT2D eigenvalue weighted by molar-refractivity contribution is 8.19. The van der Waals surface area contributed by atoms with Gasteiger partial charge in [-0.2, -0.15) is 0 Å². The minimum atomic E-state index is -1.10. The number of hydrogen-bond donors (Lipinski definition) is 1. The summed E-state index contributed by atoms with van der Waals surface area (Å²) in [6.07, 6.45) is 0.548. The van der Waals surface area contributed by atoms with Crippen LogP contribution in [0.25, 0.3) is 6.08 Å². The van der Waals surface area contributed by atoms with E-state index in [1.807, 2.05) is 19.1 Å². The molecule has 0 radical (unpaired) electrons. The van der Waals surface area contributed by atoms with Crippen LogP contribution in [-0.2, 0) is 9.59 Å². The lowest BCUT2D eigenvalue weighted by Gasteiger charge is -2.14. The lowest BCUT2D eigenvalue weighted by atomic mass is 10.1. The number of hydrogen-bond acceptors (Lipinski definition) is 6. The van der Waals surface area contributed by atoms with Crippen molar-refractivity contribution in [1.29, 1.82) is 0 Å². The van der Waals surface area contributed by atoms with E-state index in [0.717, 1.165) is 22.2 Å². The number of methoxy groups -OCH3 is 1. The Morgan fingerprint density at radius 3 is 2.45 bits per heavy atom. The number of carbonyl (C=O) groups is 3. The lowest BCUT2D eigenvalue weighted by Crippen LogP contribution is -2.27. The average molecular weight is 413 g/mol. The van der Waals surface area contributed by atoms with Crippen LogP contribution >= 0.6 is 11.8 Å². The fraction of sp³-hybridized carbons (Fsp3) is 0.190. The summed E-state index contributed by atoms with van der Waals surface area (Å²) < 4.78 is 10.6. The quantitative estimate of drug-likeness (QED) is 0.713. The first-order valence-electron chi connectivity index (χ1n) is 8.72. The second-order valence-corrected chi connectivity index (χ2v) is 7.35. The van der Waals surface area contributed by atoms with Gasteiger partial charge < -0.3 is 14.6 Å². The second kappa shape index (κ2) is 8.40. The minimum Gasteiger partial charge on any atom is -0.493 e. The number of benzene rings is 2. The van der Waals surface area contributed by atoms with Gasteiger partial charge in [0.1, 0.15) is 0 Å². The van der Waals surface area contributed by atoms with Crippen LogP contribution in [0.4, 0.5) is 10.5 Å². The number of nitrogens with zero attached hydrogens (tertiary/aromatic N) is 1. The van der Waals surface area contributed by atoms with Gasteiger partial charge in [0.05, 0.1) is 17.7 Å². The topological polar surface area (TPSA) is 93.1 Å². The van der Waals surface area contributed by atoms with Crippen LogP contribution in [0.15, 0.2) is 47.4 Å². The molecular formula is C21H19NO6S. The van der Waals surface area contributed by atoms with Gasteiger partial charge in [0.2, 0.25) is 0 Å². The first-order chi connectivity index (χ1) is 13.8. The number of amides is 2. The monoisotopic (exact) mass is 413 g/mol. The summed E-state index contributed by atoms with van der Waals surface area (Å²) in [5.41, 5.74) is 2.17. The zero-order valence-electron chi connectivity index (χ0n) is 16.0. The summed E-state index contributed by atoms with van der Waals surface area (Å²) in [4.78, 5) is 37.5. The molecule has 1 aliphatic heterocycles. The number of ether oxygens (including phenoxy) is 2. The normalized spacial score (nSPS) is 16.2. The number of carbonyl (C=O) groups excluding carboxylic acids is 2. The Bertz CT molecular complexity index is 999. The molecule has 29 heavy (non-hydrogen) atoms. The fourth-order valence-electron chi connectivity index (χ4n) is 2.65. The van der Waals surface area contributed by atoms with Crippen LogP contribution < -0.4 is 14.4 Å². The highest BCUT2D eigenvalue weighted by Gasteiger charge is 2.36. The molecule has 1 N–H and O–H groups in total. The maximum atomic E-state index is 12.7. The van der Waals surface area contributed by atoms with Crippen molar-refractivity contribution in [3.8, 4) is 11.5 Å². The van der Waals surface area contributed by atoms with Crippen LogP contribution in [0.1, 0.15) is 18.1 Å². The lowest BCUT2D eigenvalue weighted by molar-refractivity contribution is -0.144. The number of rotatable bonds is 6. The van der Waals surface area contributed by atoms with E-state index in [0.29, 0.717) is 17.0 Å². The highest BCUT2D eigenvalue weighted by Crippen LogP contribution is 2.37. The predicted molar refractivity (Wildman–Crippen MR) is 110 cm³/mol. The molecular weight excluding hydrogens is 394 g/mol. The molecule has 3 rings (SSSR count). The maximum absolute atomic E-state index is 12.7. The van der Waals surface area contributed by atoms with Gasteiger partial charge in [0.15, 0.2) is 17.6 Å². The van der Waals surface area contributed by atoms with E-state index >= 15 is 0 Å². The molecule has 2 aromatic carbocycles. The molecule has 1 atom stereocenters. The first-order valence-corrected chi connectivity index (χ1v) is 9.54. The van der Waals surface area contributed by atoms with Crippen molar-refractivity contribution in [3.63, 3.8) is 0 Å². The Morgan fingerprint density at radius 1 is 1.14 bits per heavy atom. The van der Waals surface area contributed by atoms with Crippen molar-refractivity contribution in [3.05, 3.63) is 58.5 Å². The summed E-state index contributed by atoms with van der Waals surface area (Å²) in [7, 11) is 1.43. The molecule has 0 aliphatic carbocycles. The van der Waals surface area contributed by atoms with Gasteiger partial charge in [-0.25, -0.2) is 9.69 Å².